The van der Waals surface area contributed by atoms with Crippen molar-refractivity contribution >= 4 is 70.1 Å². The molecule has 1 fully saturated rings. The lowest BCUT2D eigenvalue weighted by molar-refractivity contribution is -0.150. The number of carbonyl (C=O) groups excluding carboxylic acids is 2. The van der Waals surface area contributed by atoms with Crippen molar-refractivity contribution in [2.24, 2.45) is 5.16 Å². The summed E-state index contributed by atoms with van der Waals surface area (Å²) >= 11 is 2.30. The first-order valence-corrected chi connectivity index (χ1v) is 10.1. The first-order chi connectivity index (χ1) is 14.2. The molecule has 3 rings (SSSR count). The van der Waals surface area contributed by atoms with Crippen molar-refractivity contribution in [2.75, 3.05) is 18.1 Å². The Morgan fingerprint density at radius 2 is 2.16 bits per heavy atom. The van der Waals surface area contributed by atoms with Gasteiger partial charge in [0, 0.05) is 11.1 Å². The number of oxime groups is 1. The lowest BCUT2D eigenvalue weighted by Crippen LogP contribution is -2.71. The number of hydrogen-bond donors (Lipinski definition) is 4. The molecule has 0 bridgehead atoms. The van der Waals surface area contributed by atoms with E-state index in [2.05, 4.69) is 26.9 Å². The second-order valence-electron chi connectivity index (χ2n) is 5.92. The van der Waals surface area contributed by atoms with Gasteiger partial charge in [0.1, 0.15) is 22.8 Å². The Hall–Kier alpha value is -3.10. The third-order valence-corrected chi connectivity index (χ3v) is 6.03. The Balaban J connectivity index is 0.00000341. The highest BCUT2D eigenvalue weighted by atomic mass is 35.5. The summed E-state index contributed by atoms with van der Waals surface area (Å²) in [5.74, 6) is -3.72. The number of anilines is 1. The lowest BCUT2D eigenvalue weighted by atomic mass is 10.0. The topological polar surface area (TPSA) is 185 Å². The van der Waals surface area contributed by atoms with Crippen LogP contribution in [0.3, 0.4) is 0 Å². The summed E-state index contributed by atoms with van der Waals surface area (Å²) < 4.78 is 0. The molecular formula is C16H16ClN5O7S2. The predicted molar refractivity (Wildman–Crippen MR) is 114 cm³/mol. The van der Waals surface area contributed by atoms with Crippen molar-refractivity contribution in [2.45, 2.75) is 11.4 Å². The normalized spacial score (nSPS) is 20.2. The fourth-order valence-electron chi connectivity index (χ4n) is 2.76. The van der Waals surface area contributed by atoms with Gasteiger partial charge in [0.2, 0.25) is 6.61 Å². The van der Waals surface area contributed by atoms with Crippen LogP contribution in [-0.4, -0.2) is 73.3 Å². The number of fused-ring (bicyclic) bond motifs is 1. The Kier molecular flexibility index (Phi) is 7.65. The third kappa shape index (κ3) is 4.81. The fourth-order valence-corrected chi connectivity index (χ4v) is 4.65. The zero-order chi connectivity index (χ0) is 22.0. The molecule has 0 radical (unpaired) electrons. The number of aliphatic carboxylic acids is 2. The van der Waals surface area contributed by atoms with Gasteiger partial charge in [-0.3, -0.25) is 14.5 Å². The van der Waals surface area contributed by atoms with Crippen molar-refractivity contribution in [3.8, 4) is 0 Å². The van der Waals surface area contributed by atoms with Crippen molar-refractivity contribution in [3.63, 3.8) is 0 Å². The highest BCUT2D eigenvalue weighted by Crippen LogP contribution is 2.40. The number of carboxylic acid groups (broad SMARTS) is 2. The molecule has 2 atom stereocenters. The van der Waals surface area contributed by atoms with Gasteiger partial charge in [-0.25, -0.2) is 14.6 Å². The SMILES string of the molecule is C=CC1=C(C(=O)O)N2C(=O)[C@@H](NC(=O)/C(=N\OCC(=O)O)c3csc(N)n3)[C@H]2SC1.Cl. The number of carboxylic acids is 2. The minimum atomic E-state index is -1.30. The first kappa shape index (κ1) is 24.2. The van der Waals surface area contributed by atoms with Crippen LogP contribution in [0.4, 0.5) is 5.13 Å². The number of thiazole rings is 1. The van der Waals surface area contributed by atoms with Crippen LogP contribution < -0.4 is 11.1 Å². The van der Waals surface area contributed by atoms with Gasteiger partial charge in [0.25, 0.3) is 11.8 Å². The molecule has 3 heterocycles. The average Bonchev–Trinajstić information content (AvgIpc) is 3.13. The maximum absolute atomic E-state index is 12.7. The molecule has 1 saturated heterocycles. The van der Waals surface area contributed by atoms with E-state index in [-0.39, 0.29) is 34.6 Å². The van der Waals surface area contributed by atoms with E-state index >= 15 is 0 Å². The number of halogens is 1. The smallest absolute Gasteiger partial charge is 0.352 e. The first-order valence-electron chi connectivity index (χ1n) is 8.22. The van der Waals surface area contributed by atoms with E-state index in [1.807, 2.05) is 0 Å². The zero-order valence-corrected chi connectivity index (χ0v) is 18.0. The van der Waals surface area contributed by atoms with Gasteiger partial charge in [0.15, 0.2) is 10.8 Å². The van der Waals surface area contributed by atoms with Gasteiger partial charge in [0.05, 0.1) is 0 Å². The van der Waals surface area contributed by atoms with Crippen molar-refractivity contribution in [1.29, 1.82) is 0 Å². The molecule has 2 aliphatic rings. The molecule has 0 saturated carbocycles. The molecule has 5 N–H and O–H groups in total. The number of hydrogen-bond acceptors (Lipinski definition) is 10. The number of nitrogens with two attached hydrogens (primary N) is 1. The van der Waals surface area contributed by atoms with Gasteiger partial charge in [-0.05, 0) is 5.57 Å². The van der Waals surface area contributed by atoms with Crippen LogP contribution in [0.15, 0.2) is 34.5 Å². The maximum atomic E-state index is 12.7. The van der Waals surface area contributed by atoms with E-state index in [4.69, 9.17) is 10.8 Å². The van der Waals surface area contributed by atoms with E-state index in [1.54, 1.807) is 0 Å². The van der Waals surface area contributed by atoms with Crippen LogP contribution in [0.2, 0.25) is 0 Å². The van der Waals surface area contributed by atoms with Crippen LogP contribution in [0.25, 0.3) is 0 Å². The van der Waals surface area contributed by atoms with Crippen molar-refractivity contribution in [1.82, 2.24) is 15.2 Å². The van der Waals surface area contributed by atoms with E-state index in [9.17, 15) is 24.3 Å². The summed E-state index contributed by atoms with van der Waals surface area (Å²) in [5.41, 5.74) is 5.48. The molecule has 12 nitrogen and oxygen atoms in total. The number of nitrogens with zero attached hydrogens (tertiary/aromatic N) is 3. The predicted octanol–water partition coefficient (Wildman–Crippen LogP) is -0.123. The molecule has 1 aromatic heterocycles. The Morgan fingerprint density at radius 1 is 1.45 bits per heavy atom. The molecular weight excluding hydrogens is 474 g/mol. The highest BCUT2D eigenvalue weighted by molar-refractivity contribution is 8.00. The number of allylic oxidation sites excluding steroid dienone is 1. The van der Waals surface area contributed by atoms with Crippen LogP contribution in [0.5, 0.6) is 0 Å². The van der Waals surface area contributed by atoms with E-state index < -0.39 is 41.8 Å². The average molecular weight is 490 g/mol. The number of aromatic nitrogens is 1. The number of nitrogens with one attached hydrogen (secondary N) is 1. The summed E-state index contributed by atoms with van der Waals surface area (Å²) in [4.78, 5) is 57.1. The molecule has 2 amide bonds. The molecule has 0 spiro atoms. The Morgan fingerprint density at radius 3 is 2.71 bits per heavy atom. The zero-order valence-electron chi connectivity index (χ0n) is 15.5. The summed E-state index contributed by atoms with van der Waals surface area (Å²) in [7, 11) is 0. The number of amides is 2. The fraction of sp³-hybridized carbons (Fsp3) is 0.250. The van der Waals surface area contributed by atoms with Crippen LogP contribution >= 0.6 is 35.5 Å². The Labute approximate surface area is 189 Å². The monoisotopic (exact) mass is 489 g/mol. The number of rotatable bonds is 8. The number of thioether (sulfide) groups is 1. The molecule has 0 aliphatic carbocycles. The molecule has 1 aromatic rings. The van der Waals surface area contributed by atoms with Gasteiger partial charge in [-0.15, -0.1) is 35.5 Å². The molecule has 15 heteroatoms. The Bertz CT molecular complexity index is 1010. The van der Waals surface area contributed by atoms with Crippen LogP contribution in [0.1, 0.15) is 5.69 Å². The number of β-lactam (4-membered cyclic amide) rings is 1. The summed E-state index contributed by atoms with van der Waals surface area (Å²) in [5, 5.41) is 25.0. The second kappa shape index (κ2) is 9.80. The standard InChI is InChI=1S/C16H15N5O7S2.ClH/c1-2-6-4-29-14-10(13(25)21(14)11(6)15(26)27)19-12(24)9(20-28-3-8(22)23)7-5-30-16(17)18-7;/h2,5,10,14H,1,3-4H2,(H2,17,18)(H,19,24)(H,22,23)(H,26,27);1H/b20-9-;/t10-,14-;/m1./s1. The number of carbonyl (C=O) groups is 4. The molecule has 0 unspecified atom stereocenters. The minimum Gasteiger partial charge on any atom is -0.479 e. The third-order valence-electron chi connectivity index (χ3n) is 4.06. The second-order valence-corrected chi connectivity index (χ2v) is 7.92. The van der Waals surface area contributed by atoms with Crippen molar-refractivity contribution in [3.05, 3.63) is 35.0 Å². The molecule has 2 aliphatic heterocycles. The minimum absolute atomic E-state index is 0. The molecule has 31 heavy (non-hydrogen) atoms. The van der Waals surface area contributed by atoms with Gasteiger partial charge >= 0.3 is 11.9 Å². The largest absolute Gasteiger partial charge is 0.479 e. The van der Waals surface area contributed by atoms with E-state index in [1.165, 1.54) is 23.2 Å². The summed E-state index contributed by atoms with van der Waals surface area (Å²) in [6.45, 7) is 2.77. The van der Waals surface area contributed by atoms with Crippen molar-refractivity contribution < 1.29 is 34.2 Å². The van der Waals surface area contributed by atoms with Crippen LogP contribution in [-0.2, 0) is 24.0 Å². The van der Waals surface area contributed by atoms with E-state index in [0.717, 1.165) is 16.2 Å². The highest BCUT2D eigenvalue weighted by Gasteiger charge is 2.54. The van der Waals surface area contributed by atoms with E-state index in [0.29, 0.717) is 11.3 Å². The quantitative estimate of drug-likeness (QED) is 0.218. The summed E-state index contributed by atoms with van der Waals surface area (Å²) in [6.07, 6.45) is 1.38. The maximum Gasteiger partial charge on any atom is 0.352 e. The summed E-state index contributed by atoms with van der Waals surface area (Å²) in [6, 6.07) is -1.01. The van der Waals surface area contributed by atoms with Gasteiger partial charge < -0.3 is 26.1 Å². The van der Waals surface area contributed by atoms with Gasteiger partial charge in [-0.2, -0.15) is 0 Å². The number of nitrogen functional groups attached to an aromatic ring is 1. The molecule has 166 valence electrons. The molecule has 0 aromatic carbocycles. The lowest BCUT2D eigenvalue weighted by Gasteiger charge is -2.49. The van der Waals surface area contributed by atoms with Gasteiger partial charge in [-0.1, -0.05) is 17.8 Å². The van der Waals surface area contributed by atoms with Crippen LogP contribution in [0, 0.1) is 0 Å².